The predicted molar refractivity (Wildman–Crippen MR) is 82.6 cm³/mol. The number of hydrogen-bond donors (Lipinski definition) is 2. The second-order valence-electron chi connectivity index (χ2n) is 4.87. The van der Waals surface area contributed by atoms with Crippen LogP contribution in [0.15, 0.2) is 22.7 Å². The Morgan fingerprint density at radius 1 is 1.26 bits per heavy atom. The highest BCUT2D eigenvalue weighted by molar-refractivity contribution is 9.10. The molecule has 106 valence electrons. The summed E-state index contributed by atoms with van der Waals surface area (Å²) in [5.41, 5.74) is 2.56. The molecule has 2 rings (SSSR count). The van der Waals surface area contributed by atoms with Gasteiger partial charge in [-0.1, -0.05) is 6.07 Å². The lowest BCUT2D eigenvalue weighted by atomic mass is 10.1. The van der Waals surface area contributed by atoms with E-state index in [4.69, 9.17) is 5.11 Å². The van der Waals surface area contributed by atoms with E-state index in [0.717, 1.165) is 43.7 Å². The number of hydrogen-bond acceptors (Lipinski definition) is 4. The van der Waals surface area contributed by atoms with Gasteiger partial charge < -0.3 is 15.3 Å². The molecule has 1 aromatic rings. The molecule has 1 aliphatic heterocycles. The van der Waals surface area contributed by atoms with Crippen LogP contribution in [0.2, 0.25) is 0 Å². The van der Waals surface area contributed by atoms with E-state index in [1.54, 1.807) is 0 Å². The second-order valence-corrected chi connectivity index (χ2v) is 5.72. The maximum Gasteiger partial charge on any atom is 0.0558 e. The number of aliphatic hydroxyl groups excluding tert-OH is 1. The first-order valence-corrected chi connectivity index (χ1v) is 7.55. The van der Waals surface area contributed by atoms with Gasteiger partial charge in [-0.3, -0.25) is 4.90 Å². The largest absolute Gasteiger partial charge is 0.395 e. The molecule has 1 heterocycles. The van der Waals surface area contributed by atoms with Crippen LogP contribution in [0.3, 0.4) is 0 Å². The van der Waals surface area contributed by atoms with Gasteiger partial charge in [0.1, 0.15) is 0 Å². The minimum atomic E-state index is 0.252. The number of nitrogens with zero attached hydrogens (tertiary/aromatic N) is 2. The Balaban J connectivity index is 1.99. The van der Waals surface area contributed by atoms with Gasteiger partial charge in [0.25, 0.3) is 0 Å². The number of benzene rings is 1. The summed E-state index contributed by atoms with van der Waals surface area (Å²) in [5, 5.41) is 12.1. The first-order chi connectivity index (χ1) is 9.24. The Bertz CT molecular complexity index is 406. The standard InChI is InChI=1S/C14H22BrN3O/c1-16-11-12-2-3-14(13(15)10-12)18-6-4-17(5-7-18)8-9-19/h2-3,10,16,19H,4-9,11H2,1H3. The molecule has 2 N–H and O–H groups in total. The van der Waals surface area contributed by atoms with Gasteiger partial charge in [0.2, 0.25) is 0 Å². The number of β-amino-alcohol motifs (C(OH)–C–C–N with tert-alkyl or cyclic N) is 1. The number of rotatable bonds is 5. The topological polar surface area (TPSA) is 38.7 Å². The highest BCUT2D eigenvalue weighted by Crippen LogP contribution is 2.28. The summed E-state index contributed by atoms with van der Waals surface area (Å²) >= 11 is 3.68. The third-order valence-corrected chi connectivity index (χ3v) is 4.16. The number of piperazine rings is 1. The van der Waals surface area contributed by atoms with Gasteiger partial charge in [-0.15, -0.1) is 0 Å². The van der Waals surface area contributed by atoms with E-state index < -0.39 is 0 Å². The zero-order chi connectivity index (χ0) is 13.7. The lowest BCUT2D eigenvalue weighted by Crippen LogP contribution is -2.47. The Labute approximate surface area is 123 Å². The molecule has 0 saturated carbocycles. The van der Waals surface area contributed by atoms with Crippen LogP contribution in [-0.4, -0.2) is 56.4 Å². The van der Waals surface area contributed by atoms with Crippen molar-refractivity contribution in [1.29, 1.82) is 0 Å². The highest BCUT2D eigenvalue weighted by atomic mass is 79.9. The van der Waals surface area contributed by atoms with Gasteiger partial charge in [0.15, 0.2) is 0 Å². The molecule has 0 aliphatic carbocycles. The summed E-state index contributed by atoms with van der Waals surface area (Å²) in [6.07, 6.45) is 0. The van der Waals surface area contributed by atoms with Crippen LogP contribution in [0.1, 0.15) is 5.56 Å². The Hall–Kier alpha value is -0.620. The van der Waals surface area contributed by atoms with E-state index in [0.29, 0.717) is 0 Å². The van der Waals surface area contributed by atoms with Crippen LogP contribution >= 0.6 is 15.9 Å². The smallest absolute Gasteiger partial charge is 0.0558 e. The Morgan fingerprint density at radius 2 is 2.00 bits per heavy atom. The zero-order valence-electron chi connectivity index (χ0n) is 11.4. The lowest BCUT2D eigenvalue weighted by Gasteiger charge is -2.36. The molecule has 0 spiro atoms. The number of halogens is 1. The van der Waals surface area contributed by atoms with Crippen LogP contribution in [0.5, 0.6) is 0 Å². The number of anilines is 1. The van der Waals surface area contributed by atoms with Crippen molar-refractivity contribution in [3.8, 4) is 0 Å². The quantitative estimate of drug-likeness (QED) is 0.854. The van der Waals surface area contributed by atoms with Gasteiger partial charge in [-0.25, -0.2) is 0 Å². The summed E-state index contributed by atoms with van der Waals surface area (Å²) < 4.78 is 1.16. The summed E-state index contributed by atoms with van der Waals surface area (Å²) in [7, 11) is 1.96. The molecule has 0 amide bonds. The SMILES string of the molecule is CNCc1ccc(N2CCN(CCO)CC2)c(Br)c1. The molecule has 0 bridgehead atoms. The summed E-state index contributed by atoms with van der Waals surface area (Å²) in [6.45, 7) is 6.01. The molecule has 5 heteroatoms. The van der Waals surface area contributed by atoms with Crippen molar-refractivity contribution >= 4 is 21.6 Å². The molecule has 1 fully saturated rings. The van der Waals surface area contributed by atoms with Crippen LogP contribution < -0.4 is 10.2 Å². The first-order valence-electron chi connectivity index (χ1n) is 6.76. The number of aliphatic hydroxyl groups is 1. The Morgan fingerprint density at radius 3 is 2.58 bits per heavy atom. The molecule has 1 aliphatic rings. The van der Waals surface area contributed by atoms with Crippen molar-refractivity contribution in [2.45, 2.75) is 6.54 Å². The van der Waals surface area contributed by atoms with Crippen LogP contribution in [0, 0.1) is 0 Å². The van der Waals surface area contributed by atoms with E-state index in [2.05, 4.69) is 49.2 Å². The maximum absolute atomic E-state index is 8.96. The number of nitrogens with one attached hydrogen (secondary N) is 1. The van der Waals surface area contributed by atoms with E-state index in [1.807, 2.05) is 7.05 Å². The van der Waals surface area contributed by atoms with E-state index in [-0.39, 0.29) is 6.61 Å². The third kappa shape index (κ3) is 3.92. The third-order valence-electron chi connectivity index (χ3n) is 3.52. The van der Waals surface area contributed by atoms with Crippen LogP contribution in [0.25, 0.3) is 0 Å². The molecule has 4 nitrogen and oxygen atoms in total. The van der Waals surface area contributed by atoms with Crippen molar-refractivity contribution in [2.75, 3.05) is 51.3 Å². The van der Waals surface area contributed by atoms with Gasteiger partial charge in [-0.2, -0.15) is 0 Å². The zero-order valence-corrected chi connectivity index (χ0v) is 13.0. The van der Waals surface area contributed by atoms with E-state index in [1.165, 1.54) is 11.3 Å². The van der Waals surface area contributed by atoms with Crippen molar-refractivity contribution in [3.05, 3.63) is 28.2 Å². The average molecular weight is 328 g/mol. The van der Waals surface area contributed by atoms with Crippen molar-refractivity contribution < 1.29 is 5.11 Å². The fraction of sp³-hybridized carbons (Fsp3) is 0.571. The fourth-order valence-corrected chi connectivity index (χ4v) is 3.15. The summed E-state index contributed by atoms with van der Waals surface area (Å²) in [5.74, 6) is 0. The molecular formula is C14H22BrN3O. The molecule has 0 unspecified atom stereocenters. The first kappa shape index (κ1) is 14.8. The predicted octanol–water partition coefficient (Wildman–Crippen LogP) is 1.28. The van der Waals surface area contributed by atoms with Crippen LogP contribution in [0.4, 0.5) is 5.69 Å². The highest BCUT2D eigenvalue weighted by Gasteiger charge is 2.18. The molecule has 19 heavy (non-hydrogen) atoms. The van der Waals surface area contributed by atoms with Crippen molar-refractivity contribution in [3.63, 3.8) is 0 Å². The molecular weight excluding hydrogens is 306 g/mol. The van der Waals surface area contributed by atoms with Crippen molar-refractivity contribution in [1.82, 2.24) is 10.2 Å². The molecule has 0 radical (unpaired) electrons. The van der Waals surface area contributed by atoms with Gasteiger partial charge >= 0.3 is 0 Å². The van der Waals surface area contributed by atoms with Gasteiger partial charge in [0, 0.05) is 43.7 Å². The van der Waals surface area contributed by atoms with E-state index in [9.17, 15) is 0 Å². The normalized spacial score (nSPS) is 16.9. The summed E-state index contributed by atoms with van der Waals surface area (Å²) in [6, 6.07) is 6.56. The average Bonchev–Trinajstić information content (AvgIpc) is 2.41. The Kier molecular flexibility index (Phi) is 5.63. The van der Waals surface area contributed by atoms with Gasteiger partial charge in [0.05, 0.1) is 12.3 Å². The second kappa shape index (κ2) is 7.24. The molecule has 0 atom stereocenters. The fourth-order valence-electron chi connectivity index (χ4n) is 2.47. The van der Waals surface area contributed by atoms with Gasteiger partial charge in [-0.05, 0) is 40.7 Å². The molecule has 0 aromatic heterocycles. The van der Waals surface area contributed by atoms with Crippen molar-refractivity contribution in [2.24, 2.45) is 0 Å². The lowest BCUT2D eigenvalue weighted by molar-refractivity contribution is 0.188. The monoisotopic (exact) mass is 327 g/mol. The minimum Gasteiger partial charge on any atom is -0.395 e. The molecule has 1 saturated heterocycles. The molecule has 1 aromatic carbocycles. The summed E-state index contributed by atoms with van der Waals surface area (Å²) in [4.78, 5) is 4.71. The maximum atomic E-state index is 8.96. The van der Waals surface area contributed by atoms with E-state index >= 15 is 0 Å². The minimum absolute atomic E-state index is 0.252. The van der Waals surface area contributed by atoms with Crippen LogP contribution in [-0.2, 0) is 6.54 Å².